The Labute approximate surface area is 222 Å². The minimum atomic E-state index is -0.218. The predicted molar refractivity (Wildman–Crippen MR) is 151 cm³/mol. The Kier molecular flexibility index (Phi) is 6.77. The van der Waals surface area contributed by atoms with Gasteiger partial charge in [0.15, 0.2) is 0 Å². The number of aryl methyl sites for hydroxylation is 1. The molecule has 0 unspecified atom stereocenters. The summed E-state index contributed by atoms with van der Waals surface area (Å²) in [7, 11) is 1.97. The third-order valence-electron chi connectivity index (χ3n) is 7.61. The fourth-order valence-corrected chi connectivity index (χ4v) is 5.60. The van der Waals surface area contributed by atoms with Crippen molar-refractivity contribution in [3.63, 3.8) is 0 Å². The first kappa shape index (κ1) is 25.3. The molecule has 38 heavy (non-hydrogen) atoms. The summed E-state index contributed by atoms with van der Waals surface area (Å²) in [4.78, 5) is 36.0. The van der Waals surface area contributed by atoms with Crippen molar-refractivity contribution in [2.24, 2.45) is 13.0 Å². The van der Waals surface area contributed by atoms with E-state index in [0.717, 1.165) is 65.7 Å². The standard InChI is InChI=1S/C30H32N6O2/c1-5-23-7-6-16-36(23)30(38)21-10-8-19(9-11-21)24-25-27(31)32-17-33-28(25)35(4)26(24)20-12-14-22(15-13-20)34-29(37)18(2)3/h1,8,12-15,17,21,23H,2,6-7,9-11,16H2,3-4H3,(H,34,37)(H2,31,32,33)/t21-,23-/m1/s1. The molecule has 8 heteroatoms. The number of aromatic nitrogens is 3. The number of rotatable bonds is 5. The molecule has 194 valence electrons. The summed E-state index contributed by atoms with van der Waals surface area (Å²) >= 11 is 0. The molecule has 1 aliphatic carbocycles. The SMILES string of the molecule is C#C[C@@H]1CCCN1C(=O)[C@@H]1CC=C(c2c(-c3ccc(NC(=O)C(=C)C)cc3)n(C)c3ncnc(N)c23)CC1. The number of allylic oxidation sites excluding steroid dienone is 2. The summed E-state index contributed by atoms with van der Waals surface area (Å²) in [5.41, 5.74) is 12.3. The molecular formula is C30H32N6O2. The van der Waals surface area contributed by atoms with E-state index in [9.17, 15) is 9.59 Å². The zero-order valence-corrected chi connectivity index (χ0v) is 21.8. The number of anilines is 2. The second-order valence-electron chi connectivity index (χ2n) is 10.1. The highest BCUT2D eigenvalue weighted by Crippen LogP contribution is 2.43. The molecule has 2 aliphatic rings. The Morgan fingerprint density at radius 2 is 1.97 bits per heavy atom. The molecule has 8 nitrogen and oxygen atoms in total. The van der Waals surface area contributed by atoms with Gasteiger partial charge >= 0.3 is 0 Å². The van der Waals surface area contributed by atoms with Crippen LogP contribution in [0.1, 0.15) is 44.6 Å². The minimum absolute atomic E-state index is 0.0732. The summed E-state index contributed by atoms with van der Waals surface area (Å²) < 4.78 is 2.03. The molecule has 3 aromatic rings. The van der Waals surface area contributed by atoms with E-state index in [1.165, 1.54) is 6.33 Å². The number of nitrogens with zero attached hydrogens (tertiary/aromatic N) is 4. The first-order valence-electron chi connectivity index (χ1n) is 12.9. The molecule has 1 aliphatic heterocycles. The van der Waals surface area contributed by atoms with E-state index < -0.39 is 0 Å². The lowest BCUT2D eigenvalue weighted by atomic mass is 9.84. The molecular weight excluding hydrogens is 476 g/mol. The van der Waals surface area contributed by atoms with Gasteiger partial charge in [0.2, 0.25) is 5.91 Å². The van der Waals surface area contributed by atoms with Crippen LogP contribution >= 0.6 is 0 Å². The highest BCUT2D eigenvalue weighted by Gasteiger charge is 2.34. The lowest BCUT2D eigenvalue weighted by Gasteiger charge is -2.28. The fourth-order valence-electron chi connectivity index (χ4n) is 5.60. The molecule has 2 amide bonds. The summed E-state index contributed by atoms with van der Waals surface area (Å²) in [6.07, 6.45) is 13.3. The zero-order chi connectivity index (χ0) is 27.0. The van der Waals surface area contributed by atoms with Gasteiger partial charge in [-0.25, -0.2) is 9.97 Å². The summed E-state index contributed by atoms with van der Waals surface area (Å²) in [6, 6.07) is 7.59. The Bertz CT molecular complexity index is 1510. The molecule has 0 radical (unpaired) electrons. The third kappa shape index (κ3) is 4.45. The average molecular weight is 509 g/mol. The number of carbonyl (C=O) groups excluding carboxylic acids is 2. The number of hydrogen-bond donors (Lipinski definition) is 2. The topological polar surface area (TPSA) is 106 Å². The Morgan fingerprint density at radius 3 is 2.63 bits per heavy atom. The van der Waals surface area contributed by atoms with Gasteiger partial charge in [-0.2, -0.15) is 0 Å². The minimum Gasteiger partial charge on any atom is -0.383 e. The quantitative estimate of drug-likeness (QED) is 0.389. The van der Waals surface area contributed by atoms with Crippen molar-refractivity contribution in [1.82, 2.24) is 19.4 Å². The molecule has 2 aromatic heterocycles. The van der Waals surface area contributed by atoms with Gasteiger partial charge in [0.1, 0.15) is 17.8 Å². The van der Waals surface area contributed by atoms with Crippen molar-refractivity contribution < 1.29 is 9.59 Å². The van der Waals surface area contributed by atoms with Crippen LogP contribution in [0, 0.1) is 18.3 Å². The maximum Gasteiger partial charge on any atom is 0.250 e. The van der Waals surface area contributed by atoms with E-state index >= 15 is 0 Å². The Balaban J connectivity index is 1.51. The first-order chi connectivity index (χ1) is 18.3. The van der Waals surface area contributed by atoms with Gasteiger partial charge in [0, 0.05) is 36.3 Å². The molecule has 2 atom stereocenters. The van der Waals surface area contributed by atoms with Gasteiger partial charge in [0.05, 0.1) is 17.1 Å². The van der Waals surface area contributed by atoms with Crippen LogP contribution in [0.25, 0.3) is 27.9 Å². The van der Waals surface area contributed by atoms with Crippen molar-refractivity contribution >= 4 is 39.9 Å². The lowest BCUT2D eigenvalue weighted by Crippen LogP contribution is -2.39. The van der Waals surface area contributed by atoms with Gasteiger partial charge in [-0.3, -0.25) is 9.59 Å². The second-order valence-corrected chi connectivity index (χ2v) is 10.1. The van der Waals surface area contributed by atoms with Crippen LogP contribution in [0.3, 0.4) is 0 Å². The number of benzene rings is 1. The average Bonchev–Trinajstić information content (AvgIpc) is 3.52. The number of nitrogens with one attached hydrogen (secondary N) is 1. The number of amides is 2. The van der Waals surface area contributed by atoms with Crippen molar-refractivity contribution in [3.8, 4) is 23.6 Å². The van der Waals surface area contributed by atoms with Gasteiger partial charge in [-0.1, -0.05) is 30.7 Å². The lowest BCUT2D eigenvalue weighted by molar-refractivity contribution is -0.135. The number of nitrogens with two attached hydrogens (primary N) is 1. The van der Waals surface area contributed by atoms with Crippen molar-refractivity contribution in [2.45, 2.75) is 45.1 Å². The van der Waals surface area contributed by atoms with E-state index in [2.05, 4.69) is 33.9 Å². The van der Waals surface area contributed by atoms with Crippen molar-refractivity contribution in [1.29, 1.82) is 0 Å². The molecule has 3 N–H and O–H groups in total. The number of carbonyl (C=O) groups is 2. The monoisotopic (exact) mass is 508 g/mol. The Hall–Kier alpha value is -4.38. The third-order valence-corrected chi connectivity index (χ3v) is 7.61. The van der Waals surface area contributed by atoms with Crippen LogP contribution in [0.2, 0.25) is 0 Å². The van der Waals surface area contributed by atoms with Crippen LogP contribution in [-0.2, 0) is 16.6 Å². The fraction of sp³-hybridized carbons (Fsp3) is 0.333. The van der Waals surface area contributed by atoms with E-state index in [-0.39, 0.29) is 23.8 Å². The smallest absolute Gasteiger partial charge is 0.250 e. The molecule has 0 bridgehead atoms. The second kappa shape index (κ2) is 10.2. The molecule has 3 heterocycles. The van der Waals surface area contributed by atoms with Gasteiger partial charge in [-0.15, -0.1) is 6.42 Å². The van der Waals surface area contributed by atoms with Gasteiger partial charge in [-0.05, 0) is 62.3 Å². The normalized spacial score (nSPS) is 19.2. The molecule has 5 rings (SSSR count). The van der Waals surface area contributed by atoms with Gasteiger partial charge in [0.25, 0.3) is 5.91 Å². The predicted octanol–water partition coefficient (Wildman–Crippen LogP) is 4.54. The van der Waals surface area contributed by atoms with Crippen molar-refractivity contribution in [3.05, 3.63) is 54.4 Å². The molecule has 1 saturated heterocycles. The van der Waals surface area contributed by atoms with E-state index in [4.69, 9.17) is 12.2 Å². The number of nitrogen functional groups attached to an aromatic ring is 1. The Morgan fingerprint density at radius 1 is 1.21 bits per heavy atom. The van der Waals surface area contributed by atoms with E-state index in [1.807, 2.05) is 40.8 Å². The van der Waals surface area contributed by atoms with E-state index in [1.54, 1.807) is 6.92 Å². The highest BCUT2D eigenvalue weighted by atomic mass is 16.2. The van der Waals surface area contributed by atoms with Crippen LogP contribution in [0.15, 0.2) is 48.8 Å². The molecule has 1 aromatic carbocycles. The number of terminal acetylenes is 1. The maximum absolute atomic E-state index is 13.2. The van der Waals surface area contributed by atoms with Gasteiger partial charge < -0.3 is 20.5 Å². The maximum atomic E-state index is 13.2. The van der Waals surface area contributed by atoms with Crippen LogP contribution < -0.4 is 11.1 Å². The summed E-state index contributed by atoms with van der Waals surface area (Å²) in [5, 5.41) is 3.66. The molecule has 1 fully saturated rings. The first-order valence-corrected chi connectivity index (χ1v) is 12.9. The molecule has 0 saturated carbocycles. The summed E-state index contributed by atoms with van der Waals surface area (Å²) in [5.74, 6) is 3.07. The number of hydrogen-bond acceptors (Lipinski definition) is 5. The number of fused-ring (bicyclic) bond motifs is 1. The van der Waals surface area contributed by atoms with Crippen LogP contribution in [0.4, 0.5) is 11.5 Å². The largest absolute Gasteiger partial charge is 0.383 e. The summed E-state index contributed by atoms with van der Waals surface area (Å²) in [6.45, 7) is 6.10. The highest BCUT2D eigenvalue weighted by molar-refractivity contribution is 6.05. The van der Waals surface area contributed by atoms with Crippen molar-refractivity contribution in [2.75, 3.05) is 17.6 Å². The molecule has 0 spiro atoms. The van der Waals surface area contributed by atoms with Crippen LogP contribution in [0.5, 0.6) is 0 Å². The van der Waals surface area contributed by atoms with E-state index in [0.29, 0.717) is 23.5 Å². The number of likely N-dealkylation sites (tertiary alicyclic amines) is 1. The van der Waals surface area contributed by atoms with Crippen LogP contribution in [-0.4, -0.2) is 43.8 Å². The zero-order valence-electron chi connectivity index (χ0n) is 21.8.